The fourth-order valence-corrected chi connectivity index (χ4v) is 2.52. The highest BCUT2D eigenvalue weighted by atomic mass is 19.2. The number of nitrogens with zero attached hydrogens (tertiary/aromatic N) is 2. The number of halogens is 2. The minimum atomic E-state index is -1.16. The predicted molar refractivity (Wildman–Crippen MR) is 85.6 cm³/mol. The molecule has 1 aromatic heterocycles. The Morgan fingerprint density at radius 3 is 2.46 bits per heavy atom. The van der Waals surface area contributed by atoms with Gasteiger partial charge in [-0.05, 0) is 45.4 Å². The lowest BCUT2D eigenvalue weighted by atomic mass is 10.0. The highest BCUT2D eigenvalue weighted by molar-refractivity contribution is 5.95. The first-order chi connectivity index (χ1) is 11.2. The third kappa shape index (κ3) is 3.62. The Balaban J connectivity index is 2.12. The molecule has 0 aliphatic rings. The lowest BCUT2D eigenvalue weighted by Crippen LogP contribution is -2.37. The third-order valence-electron chi connectivity index (χ3n) is 3.90. The van der Waals surface area contributed by atoms with Gasteiger partial charge in [0.05, 0.1) is 23.9 Å². The molecule has 0 radical (unpaired) electrons. The Morgan fingerprint density at radius 2 is 1.92 bits per heavy atom. The number of aliphatic hydroxyl groups is 1. The van der Waals surface area contributed by atoms with Crippen molar-refractivity contribution < 1.29 is 18.7 Å². The summed E-state index contributed by atoms with van der Waals surface area (Å²) in [6, 6.07) is 2.58. The van der Waals surface area contributed by atoms with Crippen molar-refractivity contribution in [2.75, 3.05) is 0 Å². The zero-order valence-corrected chi connectivity index (χ0v) is 14.0. The van der Waals surface area contributed by atoms with Crippen molar-refractivity contribution in [3.8, 4) is 0 Å². The van der Waals surface area contributed by atoms with Gasteiger partial charge in [0.2, 0.25) is 0 Å². The van der Waals surface area contributed by atoms with E-state index < -0.39 is 23.8 Å². The van der Waals surface area contributed by atoms with Crippen LogP contribution in [0.1, 0.15) is 54.5 Å². The number of hydrogen-bond acceptors (Lipinski definition) is 3. The quantitative estimate of drug-likeness (QED) is 0.881. The third-order valence-corrected chi connectivity index (χ3v) is 3.90. The molecule has 2 rings (SSSR count). The number of aromatic nitrogens is 2. The molecule has 1 aromatic carbocycles. The van der Waals surface area contributed by atoms with Crippen molar-refractivity contribution in [1.29, 1.82) is 0 Å². The summed E-state index contributed by atoms with van der Waals surface area (Å²) in [7, 11) is 0. The highest BCUT2D eigenvalue weighted by Crippen LogP contribution is 2.20. The molecule has 0 spiro atoms. The number of aliphatic hydroxyl groups excluding tert-OH is 1. The number of rotatable bonds is 5. The summed E-state index contributed by atoms with van der Waals surface area (Å²) in [5.74, 6) is -2.41. The number of benzene rings is 1. The number of carbonyl (C=O) groups excluding carboxylic acids is 1. The zero-order chi connectivity index (χ0) is 18.0. The first kappa shape index (κ1) is 18.1. The maximum absolute atomic E-state index is 13.3. The summed E-state index contributed by atoms with van der Waals surface area (Å²) in [6.07, 6.45) is 0.311. The lowest BCUT2D eigenvalue weighted by molar-refractivity contribution is 0.0850. The van der Waals surface area contributed by atoms with Crippen LogP contribution in [0, 0.1) is 18.6 Å². The van der Waals surface area contributed by atoms with Gasteiger partial charge in [0.15, 0.2) is 11.6 Å². The molecule has 2 atom stereocenters. The zero-order valence-electron chi connectivity index (χ0n) is 14.0. The van der Waals surface area contributed by atoms with E-state index in [1.54, 1.807) is 18.5 Å². The average Bonchev–Trinajstić information content (AvgIpc) is 2.91. The molecular formula is C17H21F2N3O2. The fraction of sp³-hybridized carbons (Fsp3) is 0.412. The average molecular weight is 337 g/mol. The van der Waals surface area contributed by atoms with Gasteiger partial charge in [0.1, 0.15) is 0 Å². The van der Waals surface area contributed by atoms with Crippen LogP contribution < -0.4 is 5.32 Å². The maximum atomic E-state index is 13.3. The molecule has 1 heterocycles. The van der Waals surface area contributed by atoms with Gasteiger partial charge in [-0.25, -0.2) is 8.78 Å². The van der Waals surface area contributed by atoms with E-state index in [9.17, 15) is 18.7 Å². The highest BCUT2D eigenvalue weighted by Gasteiger charge is 2.22. The molecule has 2 aromatic rings. The van der Waals surface area contributed by atoms with Gasteiger partial charge in [0.25, 0.3) is 5.91 Å². The second kappa shape index (κ2) is 7.09. The molecule has 7 heteroatoms. The number of nitrogens with one attached hydrogen (secondary N) is 1. The van der Waals surface area contributed by atoms with Gasteiger partial charge in [0, 0.05) is 11.7 Å². The van der Waals surface area contributed by atoms with Crippen molar-refractivity contribution in [3.63, 3.8) is 0 Å². The van der Waals surface area contributed by atoms with Gasteiger partial charge >= 0.3 is 0 Å². The van der Waals surface area contributed by atoms with Crippen molar-refractivity contribution in [2.45, 2.75) is 45.9 Å². The fourth-order valence-electron chi connectivity index (χ4n) is 2.52. The lowest BCUT2D eigenvalue weighted by Gasteiger charge is -2.21. The van der Waals surface area contributed by atoms with E-state index in [0.717, 1.165) is 17.8 Å². The standard InChI is InChI=1S/C17H21F2N3O2/c1-9(2)22-11(4)13(8-20-22)17(24)21-10(3)16(23)12-5-6-14(18)15(19)7-12/h5-10,16,23H,1-4H3,(H,21,24). The largest absolute Gasteiger partial charge is 0.386 e. The second-order valence-electron chi connectivity index (χ2n) is 6.06. The van der Waals surface area contributed by atoms with Gasteiger partial charge in [-0.3, -0.25) is 9.48 Å². The molecule has 130 valence electrons. The molecule has 0 saturated heterocycles. The SMILES string of the molecule is Cc1c(C(=O)NC(C)C(O)c2ccc(F)c(F)c2)cnn1C(C)C. The normalized spacial score (nSPS) is 13.8. The summed E-state index contributed by atoms with van der Waals surface area (Å²) in [6.45, 7) is 7.29. The van der Waals surface area contributed by atoms with Crippen LogP contribution in [-0.2, 0) is 0 Å². The molecule has 0 aliphatic carbocycles. The van der Waals surface area contributed by atoms with Crippen LogP contribution in [0.15, 0.2) is 24.4 Å². The molecule has 5 nitrogen and oxygen atoms in total. The Labute approximate surface area is 139 Å². The van der Waals surface area contributed by atoms with Crippen LogP contribution in [0.4, 0.5) is 8.78 Å². The Bertz CT molecular complexity index is 743. The smallest absolute Gasteiger partial charge is 0.255 e. The molecule has 2 N–H and O–H groups in total. The molecule has 1 amide bonds. The summed E-state index contributed by atoms with van der Waals surface area (Å²) >= 11 is 0. The summed E-state index contributed by atoms with van der Waals surface area (Å²) in [5.41, 5.74) is 1.32. The topological polar surface area (TPSA) is 67.2 Å². The molecule has 24 heavy (non-hydrogen) atoms. The minimum Gasteiger partial charge on any atom is -0.386 e. The first-order valence-corrected chi connectivity index (χ1v) is 7.70. The van der Waals surface area contributed by atoms with Crippen LogP contribution >= 0.6 is 0 Å². The summed E-state index contributed by atoms with van der Waals surface area (Å²) in [4.78, 5) is 12.4. The van der Waals surface area contributed by atoms with Gasteiger partial charge in [-0.15, -0.1) is 0 Å². The van der Waals surface area contributed by atoms with Crippen molar-refractivity contribution in [3.05, 3.63) is 52.9 Å². The second-order valence-corrected chi connectivity index (χ2v) is 6.06. The summed E-state index contributed by atoms with van der Waals surface area (Å²) < 4.78 is 28.0. The molecule has 0 aliphatic heterocycles. The first-order valence-electron chi connectivity index (χ1n) is 7.70. The van der Waals surface area contributed by atoms with Crippen LogP contribution in [0.2, 0.25) is 0 Å². The maximum Gasteiger partial charge on any atom is 0.255 e. The monoisotopic (exact) mass is 337 g/mol. The summed E-state index contributed by atoms with van der Waals surface area (Å²) in [5, 5.41) is 17.1. The van der Waals surface area contributed by atoms with Crippen LogP contribution in [-0.4, -0.2) is 26.8 Å². The van der Waals surface area contributed by atoms with E-state index >= 15 is 0 Å². The molecule has 2 unspecified atom stereocenters. The van der Waals surface area contributed by atoms with E-state index in [4.69, 9.17) is 0 Å². The van der Waals surface area contributed by atoms with E-state index in [-0.39, 0.29) is 17.5 Å². The predicted octanol–water partition coefficient (Wildman–Crippen LogP) is 2.90. The van der Waals surface area contributed by atoms with Crippen molar-refractivity contribution in [1.82, 2.24) is 15.1 Å². The Hall–Kier alpha value is -2.28. The van der Waals surface area contributed by atoms with Crippen LogP contribution in [0.25, 0.3) is 0 Å². The van der Waals surface area contributed by atoms with Crippen molar-refractivity contribution in [2.24, 2.45) is 0 Å². The van der Waals surface area contributed by atoms with E-state index in [1.165, 1.54) is 12.3 Å². The van der Waals surface area contributed by atoms with E-state index in [1.807, 2.05) is 13.8 Å². The number of amides is 1. The number of hydrogen-bond donors (Lipinski definition) is 2. The minimum absolute atomic E-state index is 0.122. The Kier molecular flexibility index (Phi) is 5.33. The van der Waals surface area contributed by atoms with Gasteiger partial charge < -0.3 is 10.4 Å². The van der Waals surface area contributed by atoms with Crippen LogP contribution in [0.5, 0.6) is 0 Å². The van der Waals surface area contributed by atoms with E-state index in [2.05, 4.69) is 10.4 Å². The molecular weight excluding hydrogens is 316 g/mol. The molecule has 0 bridgehead atoms. The molecule has 0 saturated carbocycles. The Morgan fingerprint density at radius 1 is 1.25 bits per heavy atom. The van der Waals surface area contributed by atoms with Crippen molar-refractivity contribution >= 4 is 5.91 Å². The van der Waals surface area contributed by atoms with Gasteiger partial charge in [-0.1, -0.05) is 6.07 Å². The molecule has 0 fully saturated rings. The number of carbonyl (C=O) groups is 1. The van der Waals surface area contributed by atoms with Gasteiger partial charge in [-0.2, -0.15) is 5.10 Å². The van der Waals surface area contributed by atoms with E-state index in [0.29, 0.717) is 5.56 Å². The van der Waals surface area contributed by atoms with Crippen LogP contribution in [0.3, 0.4) is 0 Å².